The first kappa shape index (κ1) is 18.6. The molecule has 0 bridgehead atoms. The maximum absolute atomic E-state index is 11.0. The fraction of sp³-hybridized carbons (Fsp3) is 0.455. The molecule has 0 radical (unpaired) electrons. The predicted molar refractivity (Wildman–Crippen MR) is 76.6 cm³/mol. The maximum Gasteiger partial charge on any atom is 0.362 e. The van der Waals surface area contributed by atoms with Crippen LogP contribution in [-0.2, 0) is 10.5 Å². The first-order valence-corrected chi connectivity index (χ1v) is 7.01. The van der Waals surface area contributed by atoms with E-state index in [4.69, 9.17) is 4.74 Å². The molecule has 1 heterocycles. The Labute approximate surface area is 124 Å². The highest BCUT2D eigenvalue weighted by atomic mass is 32.2. The minimum absolute atomic E-state index is 0.0403. The molecule has 116 valence electrons. The van der Waals surface area contributed by atoms with Gasteiger partial charge in [0, 0.05) is 0 Å². The summed E-state index contributed by atoms with van der Waals surface area (Å²) in [7, 11) is -2.82. The summed E-state index contributed by atoms with van der Waals surface area (Å²) in [6.45, 7) is 7.67. The van der Waals surface area contributed by atoms with Crippen LogP contribution in [0, 0.1) is 6.92 Å². The van der Waals surface area contributed by atoms with E-state index in [0.717, 1.165) is 0 Å². The SMILES string of the molecule is CC=CC.CCOc1nc(C)nc(NC(=O)N=S(=O)=O)n1. The number of allylic oxidation sites excluding steroid dienone is 2. The number of carbonyl (C=O) groups is 1. The number of urea groups is 1. The number of amides is 2. The molecule has 2 amide bonds. The van der Waals surface area contributed by atoms with Gasteiger partial charge in [-0.3, -0.25) is 5.32 Å². The number of anilines is 1. The molecule has 9 nitrogen and oxygen atoms in total. The molecular formula is C11H17N5O4S. The fourth-order valence-corrected chi connectivity index (χ4v) is 1.07. The lowest BCUT2D eigenvalue weighted by Crippen LogP contribution is -2.11. The van der Waals surface area contributed by atoms with Crippen molar-refractivity contribution in [1.82, 2.24) is 15.0 Å². The van der Waals surface area contributed by atoms with Crippen LogP contribution in [0.1, 0.15) is 26.6 Å². The molecule has 0 spiro atoms. The molecule has 10 heteroatoms. The number of hydrogen-bond acceptors (Lipinski definition) is 7. The van der Waals surface area contributed by atoms with Crippen LogP contribution >= 0.6 is 0 Å². The quantitative estimate of drug-likeness (QED) is 0.842. The van der Waals surface area contributed by atoms with Crippen molar-refractivity contribution < 1.29 is 17.9 Å². The zero-order valence-corrected chi connectivity index (χ0v) is 13.0. The largest absolute Gasteiger partial charge is 0.464 e. The molecule has 0 aliphatic carbocycles. The summed E-state index contributed by atoms with van der Waals surface area (Å²) in [4.78, 5) is 22.3. The van der Waals surface area contributed by atoms with Crippen molar-refractivity contribution in [1.29, 1.82) is 0 Å². The lowest BCUT2D eigenvalue weighted by molar-refractivity contribution is 0.259. The molecule has 0 aliphatic heterocycles. The summed E-state index contributed by atoms with van der Waals surface area (Å²) in [6.07, 6.45) is 4.00. The fourth-order valence-electron chi connectivity index (χ4n) is 0.893. The van der Waals surface area contributed by atoms with Crippen LogP contribution in [0.15, 0.2) is 16.5 Å². The summed E-state index contributed by atoms with van der Waals surface area (Å²) in [6, 6.07) is -1.05. The summed E-state index contributed by atoms with van der Waals surface area (Å²) in [5.74, 6) is 0.196. The average Bonchev–Trinajstić information content (AvgIpc) is 2.37. The Balaban J connectivity index is 0.000000885. The minimum atomic E-state index is -2.82. The molecule has 1 N–H and O–H groups in total. The van der Waals surface area contributed by atoms with E-state index >= 15 is 0 Å². The zero-order valence-electron chi connectivity index (χ0n) is 12.2. The lowest BCUT2D eigenvalue weighted by atomic mass is 10.6. The molecular weight excluding hydrogens is 298 g/mol. The summed E-state index contributed by atoms with van der Waals surface area (Å²) >= 11 is 0. The number of nitrogens with one attached hydrogen (secondary N) is 1. The van der Waals surface area contributed by atoms with Gasteiger partial charge in [0.1, 0.15) is 5.82 Å². The van der Waals surface area contributed by atoms with Crippen LogP contribution in [-0.4, -0.2) is 36.0 Å². The third kappa shape index (κ3) is 9.21. The van der Waals surface area contributed by atoms with Crippen LogP contribution in [0.5, 0.6) is 6.01 Å². The second kappa shape index (κ2) is 10.4. The number of aryl methyl sites for hydroxylation is 1. The Hall–Kier alpha value is -2.36. The monoisotopic (exact) mass is 315 g/mol. The first-order valence-electron chi connectivity index (χ1n) is 5.97. The van der Waals surface area contributed by atoms with Gasteiger partial charge in [-0.15, -0.1) is 0 Å². The lowest BCUT2D eigenvalue weighted by Gasteiger charge is -2.04. The molecule has 0 saturated carbocycles. The smallest absolute Gasteiger partial charge is 0.362 e. The van der Waals surface area contributed by atoms with Gasteiger partial charge in [0.05, 0.1) is 6.61 Å². The molecule has 0 unspecified atom stereocenters. The summed E-state index contributed by atoms with van der Waals surface area (Å²) < 4.78 is 28.0. The van der Waals surface area contributed by atoms with Crippen LogP contribution < -0.4 is 10.1 Å². The Morgan fingerprint density at radius 1 is 1.29 bits per heavy atom. The first-order chi connectivity index (χ1) is 9.92. The van der Waals surface area contributed by atoms with Gasteiger partial charge in [0.15, 0.2) is 0 Å². The number of rotatable bonds is 3. The van der Waals surface area contributed by atoms with Gasteiger partial charge in [0.2, 0.25) is 5.95 Å². The van der Waals surface area contributed by atoms with E-state index in [2.05, 4.69) is 24.6 Å². The van der Waals surface area contributed by atoms with Crippen LogP contribution in [0.25, 0.3) is 0 Å². The van der Waals surface area contributed by atoms with Gasteiger partial charge < -0.3 is 4.74 Å². The van der Waals surface area contributed by atoms with E-state index in [-0.39, 0.29) is 12.0 Å². The number of nitrogens with zero attached hydrogens (tertiary/aromatic N) is 4. The number of carbonyl (C=O) groups excluding carboxylic acids is 1. The van der Waals surface area contributed by atoms with Crippen molar-refractivity contribution >= 4 is 22.5 Å². The molecule has 0 aromatic carbocycles. The van der Waals surface area contributed by atoms with E-state index < -0.39 is 16.5 Å². The number of aromatic nitrogens is 3. The summed E-state index contributed by atoms with van der Waals surface area (Å²) in [5, 5.41) is 2.07. The highest BCUT2D eigenvalue weighted by molar-refractivity contribution is 7.62. The molecule has 0 fully saturated rings. The van der Waals surface area contributed by atoms with Crippen LogP contribution in [0.3, 0.4) is 0 Å². The maximum atomic E-state index is 11.0. The Morgan fingerprint density at radius 2 is 1.90 bits per heavy atom. The molecule has 0 saturated heterocycles. The van der Waals surface area contributed by atoms with Crippen LogP contribution in [0.4, 0.5) is 10.7 Å². The van der Waals surface area contributed by atoms with E-state index in [9.17, 15) is 13.2 Å². The van der Waals surface area contributed by atoms with Gasteiger partial charge in [-0.25, -0.2) is 4.79 Å². The van der Waals surface area contributed by atoms with Crippen molar-refractivity contribution in [2.24, 2.45) is 4.36 Å². The van der Waals surface area contributed by atoms with Gasteiger partial charge in [0.25, 0.3) is 0 Å². The molecule has 0 aliphatic rings. The van der Waals surface area contributed by atoms with Crippen molar-refractivity contribution in [3.63, 3.8) is 0 Å². The van der Waals surface area contributed by atoms with Crippen molar-refractivity contribution in [3.05, 3.63) is 18.0 Å². The molecule has 21 heavy (non-hydrogen) atoms. The van der Waals surface area contributed by atoms with Gasteiger partial charge in [-0.1, -0.05) is 16.5 Å². The van der Waals surface area contributed by atoms with Gasteiger partial charge in [-0.2, -0.15) is 23.4 Å². The topological polar surface area (TPSA) is 124 Å². The number of ether oxygens (including phenoxy) is 1. The standard InChI is InChI=1S/C7H9N5O4S.C4H8/c1-3-16-7-9-4(2)8-5(11-7)10-6(13)12-17(14)15;1-3-4-2/h3H2,1-2H3,(H,8,9,10,11,13);3-4H,1-2H3. The van der Waals surface area contributed by atoms with E-state index in [0.29, 0.717) is 12.4 Å². The predicted octanol–water partition coefficient (Wildman–Crippen LogP) is 1.76. The zero-order chi connectivity index (χ0) is 16.3. The van der Waals surface area contributed by atoms with Crippen molar-refractivity contribution in [2.45, 2.75) is 27.7 Å². The van der Waals surface area contributed by atoms with Gasteiger partial charge >= 0.3 is 22.5 Å². The third-order valence-corrected chi connectivity index (χ3v) is 2.02. The van der Waals surface area contributed by atoms with E-state index in [1.165, 1.54) is 0 Å². The Kier molecular flexibility index (Phi) is 9.26. The van der Waals surface area contributed by atoms with Crippen molar-refractivity contribution in [3.8, 4) is 6.01 Å². The van der Waals surface area contributed by atoms with E-state index in [1.807, 2.05) is 26.0 Å². The second-order valence-corrected chi connectivity index (χ2v) is 3.94. The normalized spacial score (nSPS) is 9.52. The minimum Gasteiger partial charge on any atom is -0.464 e. The van der Waals surface area contributed by atoms with Gasteiger partial charge in [-0.05, 0) is 27.7 Å². The highest BCUT2D eigenvalue weighted by Crippen LogP contribution is 2.07. The third-order valence-electron chi connectivity index (χ3n) is 1.71. The Morgan fingerprint density at radius 3 is 2.38 bits per heavy atom. The highest BCUT2D eigenvalue weighted by Gasteiger charge is 2.07. The molecule has 0 atom stereocenters. The molecule has 1 aromatic heterocycles. The molecule has 1 rings (SSSR count). The van der Waals surface area contributed by atoms with Crippen molar-refractivity contribution in [2.75, 3.05) is 11.9 Å². The Bertz CT molecular complexity index is 616. The summed E-state index contributed by atoms with van der Waals surface area (Å²) in [5.41, 5.74) is 0. The van der Waals surface area contributed by atoms with E-state index in [1.54, 1.807) is 13.8 Å². The molecule has 1 aromatic rings. The number of hydrogen-bond donors (Lipinski definition) is 1. The second-order valence-electron chi connectivity index (χ2n) is 3.33. The average molecular weight is 315 g/mol. The van der Waals surface area contributed by atoms with Crippen LogP contribution in [0.2, 0.25) is 0 Å².